The Kier molecular flexibility index (Phi) is 9.42. The van der Waals surface area contributed by atoms with E-state index >= 15 is 0 Å². The van der Waals surface area contributed by atoms with Crippen LogP contribution < -0.4 is 10.2 Å². The maximum absolute atomic E-state index is 14.0. The zero-order valence-corrected chi connectivity index (χ0v) is 25.5. The number of carbonyl (C=O) groups is 1. The van der Waals surface area contributed by atoms with Crippen molar-refractivity contribution in [1.82, 2.24) is 20.2 Å². The number of hydrogen-bond acceptors (Lipinski definition) is 8. The lowest BCUT2D eigenvalue weighted by atomic mass is 9.96. The van der Waals surface area contributed by atoms with Gasteiger partial charge in [0.2, 0.25) is 0 Å². The Bertz CT molecular complexity index is 1330. The number of ether oxygens (including phenoxy) is 3. The largest absolute Gasteiger partial charge is 0.416 e. The van der Waals surface area contributed by atoms with Crippen LogP contribution in [0.5, 0.6) is 0 Å². The van der Waals surface area contributed by atoms with E-state index < -0.39 is 11.7 Å². The number of fused-ring (bicyclic) bond motifs is 1. The third-order valence-corrected chi connectivity index (χ3v) is 9.61. The molecule has 2 atom stereocenters. The normalized spacial score (nSPS) is 23.9. The fourth-order valence-electron chi connectivity index (χ4n) is 6.92. The predicted octanol–water partition coefficient (Wildman–Crippen LogP) is 4.26. The molecule has 0 aliphatic carbocycles. The third-order valence-electron chi connectivity index (χ3n) is 9.61. The van der Waals surface area contributed by atoms with Crippen LogP contribution in [0.4, 0.5) is 19.0 Å². The molecule has 12 heteroatoms. The van der Waals surface area contributed by atoms with Gasteiger partial charge in [-0.1, -0.05) is 6.07 Å². The Balaban J connectivity index is 1.21. The second-order valence-electron chi connectivity index (χ2n) is 12.4. The van der Waals surface area contributed by atoms with E-state index in [1.807, 2.05) is 11.8 Å². The van der Waals surface area contributed by atoms with Crippen molar-refractivity contribution in [3.05, 3.63) is 52.0 Å². The lowest BCUT2D eigenvalue weighted by Gasteiger charge is -2.38. The highest BCUT2D eigenvalue weighted by molar-refractivity contribution is 5.95. The highest BCUT2D eigenvalue weighted by atomic mass is 19.4. The van der Waals surface area contributed by atoms with Crippen molar-refractivity contribution in [1.29, 1.82) is 0 Å². The van der Waals surface area contributed by atoms with Gasteiger partial charge in [0, 0.05) is 76.7 Å². The molecule has 44 heavy (non-hydrogen) atoms. The number of carbonyl (C=O) groups excluding carboxylic acids is 1. The number of aromatic nitrogens is 2. The molecule has 0 spiro atoms. The summed E-state index contributed by atoms with van der Waals surface area (Å²) in [7, 11) is 1.72. The second-order valence-corrected chi connectivity index (χ2v) is 12.4. The van der Waals surface area contributed by atoms with Gasteiger partial charge in [0.1, 0.15) is 17.3 Å². The van der Waals surface area contributed by atoms with E-state index in [9.17, 15) is 18.0 Å². The van der Waals surface area contributed by atoms with Crippen LogP contribution in [-0.4, -0.2) is 92.1 Å². The minimum atomic E-state index is -4.37. The van der Waals surface area contributed by atoms with Gasteiger partial charge in [-0.2, -0.15) is 13.2 Å². The number of halogens is 3. The zero-order valence-electron chi connectivity index (χ0n) is 25.5. The van der Waals surface area contributed by atoms with E-state index in [0.29, 0.717) is 86.9 Å². The molecule has 240 valence electrons. The molecule has 1 aromatic heterocycles. The molecular weight excluding hydrogens is 575 g/mol. The number of nitrogens with zero attached hydrogens (tertiary/aromatic N) is 4. The smallest absolute Gasteiger partial charge is 0.381 e. The maximum Gasteiger partial charge on any atom is 0.416 e. The molecule has 1 N–H and O–H groups in total. The number of likely N-dealkylation sites (tertiary alicyclic amines) is 1. The number of methoxy groups -OCH3 is 1. The molecular formula is C32H42F3N5O4. The van der Waals surface area contributed by atoms with Gasteiger partial charge >= 0.3 is 6.18 Å². The van der Waals surface area contributed by atoms with Gasteiger partial charge in [-0.15, -0.1) is 0 Å². The minimum Gasteiger partial charge on any atom is -0.381 e. The van der Waals surface area contributed by atoms with Gasteiger partial charge < -0.3 is 29.3 Å². The van der Waals surface area contributed by atoms with E-state index in [0.717, 1.165) is 50.3 Å². The van der Waals surface area contributed by atoms with Crippen molar-refractivity contribution in [2.45, 2.75) is 82.3 Å². The van der Waals surface area contributed by atoms with Crippen LogP contribution in [0.15, 0.2) is 18.2 Å². The summed E-state index contributed by atoms with van der Waals surface area (Å²) >= 11 is 0. The Morgan fingerprint density at radius 1 is 1.00 bits per heavy atom. The number of nitrogens with one attached hydrogen (secondary N) is 1. The molecule has 6 rings (SSSR count). The van der Waals surface area contributed by atoms with Crippen LogP contribution in [0.2, 0.25) is 0 Å². The summed E-state index contributed by atoms with van der Waals surface area (Å²) in [4.78, 5) is 27.9. The summed E-state index contributed by atoms with van der Waals surface area (Å²) in [5, 5.41) is 3.74. The van der Waals surface area contributed by atoms with E-state index in [4.69, 9.17) is 24.2 Å². The molecule has 9 nitrogen and oxygen atoms in total. The first-order valence-electron chi connectivity index (χ1n) is 15.8. The molecule has 1 aromatic carbocycles. The summed E-state index contributed by atoms with van der Waals surface area (Å²) in [6.45, 7) is 6.64. The van der Waals surface area contributed by atoms with E-state index in [1.165, 1.54) is 6.07 Å². The average Bonchev–Trinajstić information content (AvgIpc) is 3.04. The molecule has 4 aliphatic heterocycles. The van der Waals surface area contributed by atoms with Gasteiger partial charge in [-0.25, -0.2) is 9.97 Å². The fourth-order valence-corrected chi connectivity index (χ4v) is 6.92. The Morgan fingerprint density at radius 2 is 1.75 bits per heavy atom. The molecule has 0 radical (unpaired) electrons. The van der Waals surface area contributed by atoms with Crippen LogP contribution in [0.25, 0.3) is 0 Å². The van der Waals surface area contributed by atoms with Gasteiger partial charge in [0.25, 0.3) is 5.91 Å². The van der Waals surface area contributed by atoms with Crippen molar-refractivity contribution in [3.63, 3.8) is 0 Å². The number of alkyl halides is 3. The van der Waals surface area contributed by atoms with Crippen LogP contribution in [0, 0.1) is 6.92 Å². The molecule has 2 aromatic rings. The molecule has 3 saturated heterocycles. The number of piperidine rings is 1. The Morgan fingerprint density at radius 3 is 2.48 bits per heavy atom. The van der Waals surface area contributed by atoms with Crippen molar-refractivity contribution < 1.29 is 32.2 Å². The summed E-state index contributed by atoms with van der Waals surface area (Å²) in [5.74, 6) is 1.34. The molecule has 1 amide bonds. The standard InChI is InChI=1S/C32H42F3N5O4/c1-20-28(31(41)39-12-6-25(7-13-39)36-26-10-16-44-19-27(26)42-2)37-29(21-8-14-43-15-9-21)38-30(20)40-11-5-22-17-24(32(33,34)35)4-3-23(22)18-40/h3-4,17,21,25-27,36H,5-16,18-19H2,1-2H3/t26-,27+/m1/s1. The predicted molar refractivity (Wildman–Crippen MR) is 158 cm³/mol. The van der Waals surface area contributed by atoms with Crippen LogP contribution in [-0.2, 0) is 33.4 Å². The highest BCUT2D eigenvalue weighted by Crippen LogP contribution is 2.35. The van der Waals surface area contributed by atoms with E-state index in [-0.39, 0.29) is 24.0 Å². The van der Waals surface area contributed by atoms with Gasteiger partial charge in [-0.3, -0.25) is 4.79 Å². The highest BCUT2D eigenvalue weighted by Gasteiger charge is 2.34. The number of benzene rings is 1. The maximum atomic E-state index is 14.0. The van der Waals surface area contributed by atoms with Gasteiger partial charge in [0.15, 0.2) is 0 Å². The van der Waals surface area contributed by atoms with Gasteiger partial charge in [0.05, 0.1) is 18.3 Å². The first-order valence-corrected chi connectivity index (χ1v) is 15.8. The van der Waals surface area contributed by atoms with E-state index in [2.05, 4.69) is 10.2 Å². The van der Waals surface area contributed by atoms with Crippen molar-refractivity contribution in [2.24, 2.45) is 0 Å². The number of rotatable bonds is 6. The molecule has 0 bridgehead atoms. The summed E-state index contributed by atoms with van der Waals surface area (Å²) < 4.78 is 56.7. The quantitative estimate of drug-likeness (QED) is 0.515. The van der Waals surface area contributed by atoms with E-state index in [1.54, 1.807) is 13.2 Å². The minimum absolute atomic E-state index is 0.0301. The molecule has 0 unspecified atom stereocenters. The second kappa shape index (κ2) is 13.3. The zero-order chi connectivity index (χ0) is 30.8. The SMILES string of the molecule is CO[C@H]1COCC[C@H]1NC1CCN(C(=O)c2nc(C3CCOCC3)nc(N3CCc4cc(C(F)(F)F)ccc4C3)c2C)CC1. The Hall–Kier alpha value is -2.80. The number of amides is 1. The molecule has 3 fully saturated rings. The fraction of sp³-hybridized carbons (Fsp3) is 0.656. The number of anilines is 1. The Labute approximate surface area is 256 Å². The molecule has 5 heterocycles. The summed E-state index contributed by atoms with van der Waals surface area (Å²) in [6.07, 6.45) is 0.275. The van der Waals surface area contributed by atoms with Crippen LogP contribution in [0.3, 0.4) is 0 Å². The van der Waals surface area contributed by atoms with Crippen molar-refractivity contribution >= 4 is 11.7 Å². The summed E-state index contributed by atoms with van der Waals surface area (Å²) in [6, 6.07) is 4.51. The van der Waals surface area contributed by atoms with Crippen LogP contribution >= 0.6 is 0 Å². The van der Waals surface area contributed by atoms with Crippen molar-refractivity contribution in [2.75, 3.05) is 58.1 Å². The number of hydrogen-bond donors (Lipinski definition) is 1. The topological polar surface area (TPSA) is 89.0 Å². The molecule has 0 saturated carbocycles. The van der Waals surface area contributed by atoms with Gasteiger partial charge in [-0.05, 0) is 68.7 Å². The average molecular weight is 618 g/mol. The third kappa shape index (κ3) is 6.73. The lowest BCUT2D eigenvalue weighted by molar-refractivity contribution is -0.137. The van der Waals surface area contributed by atoms with Crippen LogP contribution in [0.1, 0.15) is 76.6 Å². The van der Waals surface area contributed by atoms with Crippen molar-refractivity contribution in [3.8, 4) is 0 Å². The monoisotopic (exact) mass is 617 g/mol. The first kappa shape index (κ1) is 31.2. The summed E-state index contributed by atoms with van der Waals surface area (Å²) in [5.41, 5.74) is 2.06. The molecule has 4 aliphatic rings. The lowest BCUT2D eigenvalue weighted by Crippen LogP contribution is -2.54. The first-order chi connectivity index (χ1) is 21.2.